The molecule has 1 heterocycles. The van der Waals surface area contributed by atoms with Gasteiger partial charge in [-0.05, 0) is 5.92 Å². The average Bonchev–Trinajstić information content (AvgIpc) is 2.05. The van der Waals surface area contributed by atoms with Crippen LogP contribution in [0.5, 0.6) is 0 Å². The van der Waals surface area contributed by atoms with Gasteiger partial charge in [0.1, 0.15) is 5.75 Å². The van der Waals surface area contributed by atoms with Crippen LogP contribution in [0, 0.1) is 5.92 Å². The minimum atomic E-state index is -3.29. The summed E-state index contributed by atoms with van der Waals surface area (Å²) in [7, 11) is -3.29. The molecule has 0 aliphatic carbocycles. The van der Waals surface area contributed by atoms with Gasteiger partial charge in [0.25, 0.3) is 0 Å². The molecule has 0 aromatic carbocycles. The third-order valence-electron chi connectivity index (χ3n) is 1.65. The summed E-state index contributed by atoms with van der Waals surface area (Å²) in [6, 6.07) is -0.500. The monoisotopic (exact) mass is 177 g/mol. The quantitative estimate of drug-likeness (QED) is 0.588. The molecule has 0 aromatic rings. The van der Waals surface area contributed by atoms with Gasteiger partial charge in [-0.2, -0.15) is 0 Å². The molecule has 5 heteroatoms. The Hall–Kier alpha value is -0.420. The molecule has 64 valence electrons. The van der Waals surface area contributed by atoms with Crippen LogP contribution >= 0.6 is 0 Å². The Morgan fingerprint density at radius 1 is 1.55 bits per heavy atom. The van der Waals surface area contributed by atoms with Crippen molar-refractivity contribution in [3.05, 3.63) is 0 Å². The summed E-state index contributed by atoms with van der Waals surface area (Å²) in [6.45, 7) is 3.63. The van der Waals surface area contributed by atoms with Gasteiger partial charge in [0.05, 0.1) is 6.04 Å². The fourth-order valence-corrected chi connectivity index (χ4v) is 2.51. The standard InChI is InChI=1S/C6H11NO3S/c1-4(2)6-5(8)3-11(9,10)7-6/h4,6-7H,3H2,1-2H3. The van der Waals surface area contributed by atoms with Crippen molar-refractivity contribution in [1.29, 1.82) is 0 Å². The lowest BCUT2D eigenvalue weighted by atomic mass is 10.0. The van der Waals surface area contributed by atoms with Crippen molar-refractivity contribution in [2.24, 2.45) is 5.92 Å². The van der Waals surface area contributed by atoms with E-state index in [4.69, 9.17) is 0 Å². The molecular weight excluding hydrogens is 166 g/mol. The van der Waals surface area contributed by atoms with Crippen LogP contribution in [-0.4, -0.2) is 26.0 Å². The van der Waals surface area contributed by atoms with Crippen LogP contribution in [-0.2, 0) is 14.8 Å². The third kappa shape index (κ3) is 1.78. The first-order chi connectivity index (χ1) is 4.92. The van der Waals surface area contributed by atoms with Crippen molar-refractivity contribution in [2.75, 3.05) is 5.75 Å². The SMILES string of the molecule is CC(C)C1NS(=O)(=O)CC1=O. The fraction of sp³-hybridized carbons (Fsp3) is 0.833. The van der Waals surface area contributed by atoms with Crippen molar-refractivity contribution < 1.29 is 13.2 Å². The second kappa shape index (κ2) is 2.57. The molecule has 1 saturated heterocycles. The first-order valence-corrected chi connectivity index (χ1v) is 5.10. The zero-order chi connectivity index (χ0) is 8.65. The summed E-state index contributed by atoms with van der Waals surface area (Å²) in [6.07, 6.45) is 0. The van der Waals surface area contributed by atoms with E-state index in [9.17, 15) is 13.2 Å². The van der Waals surface area contributed by atoms with Crippen LogP contribution in [0.15, 0.2) is 0 Å². The van der Waals surface area contributed by atoms with Gasteiger partial charge in [-0.15, -0.1) is 0 Å². The van der Waals surface area contributed by atoms with E-state index in [2.05, 4.69) is 4.72 Å². The number of hydrogen-bond donors (Lipinski definition) is 1. The van der Waals surface area contributed by atoms with Crippen molar-refractivity contribution in [3.8, 4) is 0 Å². The van der Waals surface area contributed by atoms with E-state index in [1.807, 2.05) is 13.8 Å². The van der Waals surface area contributed by atoms with E-state index in [1.54, 1.807) is 0 Å². The van der Waals surface area contributed by atoms with E-state index >= 15 is 0 Å². The molecular formula is C6H11NO3S. The summed E-state index contributed by atoms with van der Waals surface area (Å²) in [5.74, 6) is -0.532. The lowest BCUT2D eigenvalue weighted by Gasteiger charge is -2.09. The molecule has 0 saturated carbocycles. The normalized spacial score (nSPS) is 29.7. The summed E-state index contributed by atoms with van der Waals surface area (Å²) in [4.78, 5) is 11.0. The summed E-state index contributed by atoms with van der Waals surface area (Å²) < 4.78 is 23.9. The second-order valence-corrected chi connectivity index (χ2v) is 4.82. The van der Waals surface area contributed by atoms with Crippen molar-refractivity contribution in [1.82, 2.24) is 4.72 Å². The minimum absolute atomic E-state index is 0.0415. The average molecular weight is 177 g/mol. The van der Waals surface area contributed by atoms with Crippen molar-refractivity contribution in [2.45, 2.75) is 19.9 Å². The number of carbonyl (C=O) groups excluding carboxylic acids is 1. The van der Waals surface area contributed by atoms with E-state index < -0.39 is 16.1 Å². The molecule has 1 atom stereocenters. The van der Waals surface area contributed by atoms with Crippen LogP contribution in [0.2, 0.25) is 0 Å². The number of Topliss-reactive ketones (excluding diaryl/α,β-unsaturated/α-hetero) is 1. The maximum Gasteiger partial charge on any atom is 0.219 e. The third-order valence-corrected chi connectivity index (χ3v) is 2.93. The molecule has 0 spiro atoms. The highest BCUT2D eigenvalue weighted by atomic mass is 32.2. The lowest BCUT2D eigenvalue weighted by Crippen LogP contribution is -2.33. The summed E-state index contributed by atoms with van der Waals surface area (Å²) >= 11 is 0. The van der Waals surface area contributed by atoms with Gasteiger partial charge in [-0.3, -0.25) is 4.79 Å². The molecule has 1 aliphatic heterocycles. The Morgan fingerprint density at radius 3 is 2.27 bits per heavy atom. The summed E-state index contributed by atoms with van der Waals surface area (Å²) in [5.41, 5.74) is 0. The van der Waals surface area contributed by atoms with Crippen LogP contribution in [0.4, 0.5) is 0 Å². The number of nitrogens with one attached hydrogen (secondary N) is 1. The highest BCUT2D eigenvalue weighted by molar-refractivity contribution is 7.90. The van der Waals surface area contributed by atoms with E-state index in [0.29, 0.717) is 0 Å². The largest absolute Gasteiger partial charge is 0.297 e. The van der Waals surface area contributed by atoms with E-state index in [-0.39, 0.29) is 17.5 Å². The number of hydrogen-bond acceptors (Lipinski definition) is 3. The Bertz CT molecular complexity index is 268. The molecule has 1 unspecified atom stereocenters. The van der Waals surface area contributed by atoms with Crippen molar-refractivity contribution in [3.63, 3.8) is 0 Å². The molecule has 0 bridgehead atoms. The van der Waals surface area contributed by atoms with Crippen molar-refractivity contribution >= 4 is 15.8 Å². The zero-order valence-corrected chi connectivity index (χ0v) is 7.31. The molecule has 0 radical (unpaired) electrons. The topological polar surface area (TPSA) is 63.2 Å². The molecule has 1 aliphatic rings. The molecule has 1 N–H and O–H groups in total. The molecule has 0 amide bonds. The predicted molar refractivity (Wildman–Crippen MR) is 40.6 cm³/mol. The molecule has 0 aromatic heterocycles. The number of sulfonamides is 1. The molecule has 4 nitrogen and oxygen atoms in total. The lowest BCUT2D eigenvalue weighted by molar-refractivity contribution is -0.118. The maximum absolute atomic E-state index is 11.0. The number of carbonyl (C=O) groups is 1. The smallest absolute Gasteiger partial charge is 0.219 e. The Kier molecular flexibility index (Phi) is 2.02. The number of ketones is 1. The van der Waals surface area contributed by atoms with Gasteiger partial charge in [0.2, 0.25) is 10.0 Å². The van der Waals surface area contributed by atoms with Crippen LogP contribution in [0.1, 0.15) is 13.8 Å². The molecule has 11 heavy (non-hydrogen) atoms. The zero-order valence-electron chi connectivity index (χ0n) is 6.49. The van der Waals surface area contributed by atoms with Gasteiger partial charge in [-0.1, -0.05) is 13.8 Å². The molecule has 1 rings (SSSR count). The second-order valence-electron chi connectivity index (χ2n) is 3.06. The highest BCUT2D eigenvalue weighted by Gasteiger charge is 2.36. The van der Waals surface area contributed by atoms with E-state index in [1.165, 1.54) is 0 Å². The molecule has 1 fully saturated rings. The van der Waals surface area contributed by atoms with Gasteiger partial charge in [0, 0.05) is 0 Å². The summed E-state index contributed by atoms with van der Waals surface area (Å²) in [5, 5.41) is 0. The predicted octanol–water partition coefficient (Wildman–Crippen LogP) is -0.487. The van der Waals surface area contributed by atoms with Gasteiger partial charge >= 0.3 is 0 Å². The van der Waals surface area contributed by atoms with Gasteiger partial charge < -0.3 is 0 Å². The first kappa shape index (κ1) is 8.67. The van der Waals surface area contributed by atoms with Gasteiger partial charge in [-0.25, -0.2) is 13.1 Å². The highest BCUT2D eigenvalue weighted by Crippen LogP contribution is 2.11. The van der Waals surface area contributed by atoms with E-state index in [0.717, 1.165) is 0 Å². The Labute approximate surface area is 66.0 Å². The first-order valence-electron chi connectivity index (χ1n) is 3.45. The Morgan fingerprint density at radius 2 is 2.09 bits per heavy atom. The van der Waals surface area contributed by atoms with Crippen LogP contribution in [0.3, 0.4) is 0 Å². The van der Waals surface area contributed by atoms with Gasteiger partial charge in [0.15, 0.2) is 5.78 Å². The van der Waals surface area contributed by atoms with Crippen LogP contribution < -0.4 is 4.72 Å². The number of rotatable bonds is 1. The maximum atomic E-state index is 11.0. The minimum Gasteiger partial charge on any atom is -0.297 e. The Balaban J connectivity index is 2.83. The van der Waals surface area contributed by atoms with Crippen LogP contribution in [0.25, 0.3) is 0 Å². The fourth-order valence-electron chi connectivity index (χ4n) is 1.09.